The first-order valence-corrected chi connectivity index (χ1v) is 6.46. The van der Waals surface area contributed by atoms with Crippen LogP contribution in [0.3, 0.4) is 0 Å². The van der Waals surface area contributed by atoms with Gasteiger partial charge in [0, 0.05) is 0 Å². The molecule has 0 bridgehead atoms. The molecular weight excluding hydrogens is 252 g/mol. The molecule has 1 heterocycles. The van der Waals surface area contributed by atoms with Crippen LogP contribution in [0.5, 0.6) is 0 Å². The number of carbonyl (C=O) groups excluding carboxylic acids is 1. The molecule has 3 N–H and O–H groups in total. The largest absolute Gasteiger partial charge is 0.450 e. The lowest BCUT2D eigenvalue weighted by molar-refractivity contribution is -0.723. The number of hydrogen-bond donors (Lipinski definition) is 3. The molecule has 1 aliphatic carbocycles. The molecule has 0 aromatic carbocycles. The maximum absolute atomic E-state index is 11.2. The molecule has 8 nitrogen and oxygen atoms in total. The van der Waals surface area contributed by atoms with Crippen LogP contribution in [0, 0.1) is 0 Å². The molecule has 106 valence electrons. The molecule has 19 heavy (non-hydrogen) atoms. The lowest BCUT2D eigenvalue weighted by Crippen LogP contribution is -2.55. The van der Waals surface area contributed by atoms with Gasteiger partial charge in [0.05, 0.1) is 17.5 Å². The van der Waals surface area contributed by atoms with Crippen molar-refractivity contribution < 1.29 is 24.0 Å². The first-order valence-electron chi connectivity index (χ1n) is 6.46. The second kappa shape index (κ2) is 6.37. The number of carbonyl (C=O) groups is 1. The highest BCUT2D eigenvalue weighted by Gasteiger charge is 2.27. The maximum atomic E-state index is 11.2. The summed E-state index contributed by atoms with van der Waals surface area (Å²) in [7, 11) is 0. The summed E-state index contributed by atoms with van der Waals surface area (Å²) in [5.41, 5.74) is 3.03. The molecule has 0 aliphatic heterocycles. The molecule has 1 aromatic rings. The van der Waals surface area contributed by atoms with Gasteiger partial charge in [-0.25, -0.2) is 4.79 Å². The Morgan fingerprint density at radius 2 is 2.42 bits per heavy atom. The van der Waals surface area contributed by atoms with Crippen LogP contribution < -0.4 is 15.5 Å². The van der Waals surface area contributed by atoms with E-state index in [1.807, 2.05) is 0 Å². The van der Waals surface area contributed by atoms with Gasteiger partial charge in [-0.3, -0.25) is 9.84 Å². The number of aliphatic hydroxyl groups excluding tert-OH is 1. The fraction of sp³-hybridized carbons (Fsp3) is 0.727. The van der Waals surface area contributed by atoms with Gasteiger partial charge < -0.3 is 9.84 Å². The average Bonchev–Trinajstić information content (AvgIpc) is 2.80. The zero-order valence-corrected chi connectivity index (χ0v) is 10.8. The Labute approximate surface area is 110 Å². The molecule has 2 atom stereocenters. The van der Waals surface area contributed by atoms with E-state index in [4.69, 9.17) is 9.26 Å². The topological polar surface area (TPSA) is 100 Å². The Morgan fingerprint density at radius 3 is 3.16 bits per heavy atom. The summed E-state index contributed by atoms with van der Waals surface area (Å²) in [6.07, 6.45) is 4.27. The monoisotopic (exact) mass is 271 g/mol. The number of nitrogens with zero attached hydrogens (tertiary/aromatic N) is 2. The second-order valence-corrected chi connectivity index (χ2v) is 4.44. The van der Waals surface area contributed by atoms with Crippen LogP contribution in [0.2, 0.25) is 0 Å². The van der Waals surface area contributed by atoms with Crippen LogP contribution in [-0.4, -0.2) is 35.2 Å². The van der Waals surface area contributed by atoms with E-state index in [9.17, 15) is 9.90 Å². The molecule has 2 rings (SSSR count). The molecule has 0 saturated heterocycles. The van der Waals surface area contributed by atoms with E-state index in [2.05, 4.69) is 16.0 Å². The third kappa shape index (κ3) is 3.82. The fourth-order valence-corrected chi connectivity index (χ4v) is 2.06. The van der Waals surface area contributed by atoms with Crippen LogP contribution >= 0.6 is 0 Å². The number of nitrogens with one attached hydrogen (secondary N) is 2. The molecule has 0 spiro atoms. The first kappa shape index (κ1) is 13.6. The minimum atomic E-state index is -0.594. The second-order valence-electron chi connectivity index (χ2n) is 4.44. The van der Waals surface area contributed by atoms with E-state index < -0.39 is 6.09 Å². The number of aromatic nitrogens is 2. The van der Waals surface area contributed by atoms with Crippen LogP contribution in [0.25, 0.3) is 0 Å². The first-order chi connectivity index (χ1) is 9.19. The smallest absolute Gasteiger partial charge is 0.414 e. The molecule has 1 saturated carbocycles. The van der Waals surface area contributed by atoms with Crippen LogP contribution in [-0.2, 0) is 4.74 Å². The molecule has 0 radical (unpaired) electrons. The summed E-state index contributed by atoms with van der Waals surface area (Å²) in [5, 5.41) is 15.9. The van der Waals surface area contributed by atoms with Gasteiger partial charge in [-0.1, -0.05) is 12.8 Å². The van der Waals surface area contributed by atoms with Gasteiger partial charge >= 0.3 is 12.0 Å². The minimum Gasteiger partial charge on any atom is -0.450 e. The quantitative estimate of drug-likeness (QED) is 0.684. The maximum Gasteiger partial charge on any atom is 0.414 e. The van der Waals surface area contributed by atoms with Crippen LogP contribution in [0.15, 0.2) is 10.7 Å². The van der Waals surface area contributed by atoms with Crippen molar-refractivity contribution >= 4 is 12.0 Å². The van der Waals surface area contributed by atoms with Crippen molar-refractivity contribution in [2.24, 2.45) is 0 Å². The Morgan fingerprint density at radius 1 is 1.63 bits per heavy atom. The molecule has 1 amide bonds. The number of rotatable bonds is 4. The summed E-state index contributed by atoms with van der Waals surface area (Å²) in [5.74, 6) is 0.177. The Bertz CT molecular complexity index is 423. The Hall–Kier alpha value is -1.83. The van der Waals surface area contributed by atoms with Crippen molar-refractivity contribution in [3.63, 3.8) is 0 Å². The fourth-order valence-electron chi connectivity index (χ4n) is 2.06. The van der Waals surface area contributed by atoms with Gasteiger partial charge in [0.1, 0.15) is 6.04 Å². The standard InChI is InChI=1S/C11H18N4O4/c1-2-18-11(17)12-10-7-15(14-19-10)13-8-5-3-4-6-9(8)16/h7-9,16H,2-6H2,1H3,(H-,12,13,14,17)/p+1. The normalized spacial score (nSPS) is 22.8. The predicted molar refractivity (Wildman–Crippen MR) is 65.0 cm³/mol. The molecule has 1 aromatic heterocycles. The molecular formula is C11H19N4O4+. The van der Waals surface area contributed by atoms with Crippen LogP contribution in [0.1, 0.15) is 32.6 Å². The highest BCUT2D eigenvalue weighted by Crippen LogP contribution is 2.18. The molecule has 2 unspecified atom stereocenters. The van der Waals surface area contributed by atoms with Gasteiger partial charge in [0.2, 0.25) is 5.27 Å². The third-order valence-electron chi connectivity index (χ3n) is 2.99. The summed E-state index contributed by atoms with van der Waals surface area (Å²) in [4.78, 5) is 12.5. The van der Waals surface area contributed by atoms with Gasteiger partial charge in [-0.2, -0.15) is 5.43 Å². The number of aliphatic hydroxyl groups is 1. The van der Waals surface area contributed by atoms with Gasteiger partial charge in [-0.15, -0.1) is 0 Å². The predicted octanol–water partition coefficient (Wildman–Crippen LogP) is 0.377. The number of amides is 1. The minimum absolute atomic E-state index is 0.0562. The summed E-state index contributed by atoms with van der Waals surface area (Å²) in [6.45, 7) is 2.00. The zero-order chi connectivity index (χ0) is 13.7. The molecule has 1 aliphatic rings. The number of ether oxygens (including phenoxy) is 1. The van der Waals surface area contributed by atoms with Gasteiger partial charge in [0.15, 0.2) is 0 Å². The Balaban J connectivity index is 1.88. The lowest BCUT2D eigenvalue weighted by Gasteiger charge is -2.24. The van der Waals surface area contributed by atoms with Crippen molar-refractivity contribution in [2.75, 3.05) is 17.3 Å². The van der Waals surface area contributed by atoms with E-state index in [1.54, 1.807) is 6.92 Å². The molecule has 1 fully saturated rings. The van der Waals surface area contributed by atoms with E-state index in [0.29, 0.717) is 0 Å². The average molecular weight is 271 g/mol. The SMILES string of the molecule is CCOC(=O)Nc1c[n+](NC2CCCCC2O)no1. The van der Waals surface area contributed by atoms with Crippen LogP contribution in [0.4, 0.5) is 10.7 Å². The molecule has 8 heteroatoms. The van der Waals surface area contributed by atoms with Crippen molar-refractivity contribution in [3.8, 4) is 0 Å². The van der Waals surface area contributed by atoms with E-state index in [-0.39, 0.29) is 24.6 Å². The van der Waals surface area contributed by atoms with Crippen molar-refractivity contribution in [2.45, 2.75) is 44.8 Å². The highest BCUT2D eigenvalue weighted by atomic mass is 16.6. The summed E-state index contributed by atoms with van der Waals surface area (Å²) < 4.78 is 9.63. The highest BCUT2D eigenvalue weighted by molar-refractivity contribution is 5.82. The van der Waals surface area contributed by atoms with E-state index >= 15 is 0 Å². The van der Waals surface area contributed by atoms with Crippen molar-refractivity contribution in [3.05, 3.63) is 6.20 Å². The number of anilines is 1. The number of hydrogen-bond acceptors (Lipinski definition) is 6. The third-order valence-corrected chi connectivity index (χ3v) is 2.99. The summed E-state index contributed by atoms with van der Waals surface area (Å²) in [6, 6.07) is -0.0562. The lowest BCUT2D eigenvalue weighted by atomic mass is 9.93. The van der Waals surface area contributed by atoms with E-state index in [1.165, 1.54) is 11.0 Å². The summed E-state index contributed by atoms with van der Waals surface area (Å²) >= 11 is 0. The van der Waals surface area contributed by atoms with Crippen molar-refractivity contribution in [1.29, 1.82) is 0 Å². The van der Waals surface area contributed by atoms with Crippen molar-refractivity contribution in [1.82, 2.24) is 5.27 Å². The van der Waals surface area contributed by atoms with Gasteiger partial charge in [0.25, 0.3) is 6.20 Å². The van der Waals surface area contributed by atoms with E-state index in [0.717, 1.165) is 25.7 Å². The van der Waals surface area contributed by atoms with Gasteiger partial charge in [-0.05, 0) is 19.8 Å². The zero-order valence-electron chi connectivity index (χ0n) is 10.8. The Kier molecular flexibility index (Phi) is 4.56.